The minimum atomic E-state index is 0.231. The maximum absolute atomic E-state index is 4.52. The molecule has 0 aliphatic carbocycles. The van der Waals surface area contributed by atoms with E-state index in [0.29, 0.717) is 0 Å². The molecule has 0 radical (unpaired) electrons. The Morgan fingerprint density at radius 1 is 1.14 bits per heavy atom. The van der Waals surface area contributed by atoms with Crippen molar-refractivity contribution >= 4 is 11.3 Å². The molecule has 1 aliphatic rings. The van der Waals surface area contributed by atoms with Crippen molar-refractivity contribution in [2.45, 2.75) is 45.6 Å². The van der Waals surface area contributed by atoms with Gasteiger partial charge in [0.05, 0.1) is 12.7 Å². The highest BCUT2D eigenvalue weighted by atomic mass is 32.1. The second-order valence-corrected chi connectivity index (χ2v) is 8.04. The van der Waals surface area contributed by atoms with E-state index in [2.05, 4.69) is 53.8 Å². The van der Waals surface area contributed by atoms with Gasteiger partial charge in [-0.25, -0.2) is 0 Å². The van der Waals surface area contributed by atoms with E-state index >= 15 is 0 Å². The summed E-state index contributed by atoms with van der Waals surface area (Å²) in [5.41, 5.74) is 1.48. The molecule has 21 heavy (non-hydrogen) atoms. The zero-order valence-corrected chi connectivity index (χ0v) is 14.1. The Bertz CT molecular complexity index is 585. The van der Waals surface area contributed by atoms with Gasteiger partial charge < -0.3 is 4.90 Å². The fraction of sp³-hybridized carbons (Fsp3) is 0.588. The van der Waals surface area contributed by atoms with Crippen LogP contribution in [0.25, 0.3) is 10.4 Å². The van der Waals surface area contributed by atoms with Gasteiger partial charge in [-0.15, -0.1) is 11.3 Å². The summed E-state index contributed by atoms with van der Waals surface area (Å²) in [4.78, 5) is 5.29. The lowest BCUT2D eigenvalue weighted by Gasteiger charge is -2.15. The van der Waals surface area contributed by atoms with Crippen molar-refractivity contribution in [3.05, 3.63) is 29.4 Å². The lowest BCUT2D eigenvalue weighted by atomic mass is 9.95. The number of rotatable bonds is 4. The average Bonchev–Trinajstić information content (AvgIpc) is 3.16. The third-order valence-corrected chi connectivity index (χ3v) is 5.67. The van der Waals surface area contributed by atoms with Crippen molar-refractivity contribution in [3.8, 4) is 10.4 Å². The van der Waals surface area contributed by atoms with E-state index in [0.717, 1.165) is 13.1 Å². The van der Waals surface area contributed by atoms with Crippen LogP contribution >= 0.6 is 11.3 Å². The maximum atomic E-state index is 4.52. The normalized spacial score (nSPS) is 16.7. The highest BCUT2D eigenvalue weighted by Crippen LogP contribution is 2.34. The highest BCUT2D eigenvalue weighted by Gasteiger charge is 2.17. The minimum absolute atomic E-state index is 0.231. The summed E-state index contributed by atoms with van der Waals surface area (Å²) in [5.74, 6) is 0. The minimum Gasteiger partial charge on any atom is -0.301 e. The van der Waals surface area contributed by atoms with Crippen LogP contribution in [0, 0.1) is 0 Å². The first-order chi connectivity index (χ1) is 10.0. The van der Waals surface area contributed by atoms with Gasteiger partial charge in [-0.3, -0.25) is 4.68 Å². The molecule has 3 heterocycles. The largest absolute Gasteiger partial charge is 0.301 e. The molecule has 3 nitrogen and oxygen atoms in total. The van der Waals surface area contributed by atoms with Gasteiger partial charge >= 0.3 is 0 Å². The summed E-state index contributed by atoms with van der Waals surface area (Å²) in [5, 5.41) is 4.52. The average molecular weight is 303 g/mol. The second kappa shape index (κ2) is 5.93. The molecule has 0 unspecified atom stereocenters. The van der Waals surface area contributed by atoms with Gasteiger partial charge in [0.25, 0.3) is 0 Å². The molecule has 1 fully saturated rings. The van der Waals surface area contributed by atoms with Gasteiger partial charge in [0.2, 0.25) is 0 Å². The summed E-state index contributed by atoms with van der Waals surface area (Å²) in [6.07, 6.45) is 6.90. The zero-order valence-electron chi connectivity index (χ0n) is 13.3. The predicted molar refractivity (Wildman–Crippen MR) is 89.9 cm³/mol. The van der Waals surface area contributed by atoms with E-state index in [1.54, 1.807) is 0 Å². The van der Waals surface area contributed by atoms with E-state index < -0.39 is 0 Å². The van der Waals surface area contributed by atoms with Crippen molar-refractivity contribution in [2.75, 3.05) is 19.6 Å². The van der Waals surface area contributed by atoms with Gasteiger partial charge in [-0.05, 0) is 43.5 Å². The molecule has 2 aromatic heterocycles. The maximum Gasteiger partial charge on any atom is 0.0576 e. The summed E-state index contributed by atoms with van der Waals surface area (Å²) < 4.78 is 2.09. The fourth-order valence-corrected chi connectivity index (χ4v) is 3.80. The summed E-state index contributed by atoms with van der Waals surface area (Å²) in [6, 6.07) is 4.48. The van der Waals surface area contributed by atoms with Crippen molar-refractivity contribution < 1.29 is 0 Å². The van der Waals surface area contributed by atoms with E-state index in [-0.39, 0.29) is 5.41 Å². The van der Waals surface area contributed by atoms with Crippen molar-refractivity contribution in [3.63, 3.8) is 0 Å². The summed E-state index contributed by atoms with van der Waals surface area (Å²) >= 11 is 1.89. The van der Waals surface area contributed by atoms with Crippen LogP contribution in [0.1, 0.15) is 38.5 Å². The molecule has 0 N–H and O–H groups in total. The summed E-state index contributed by atoms with van der Waals surface area (Å²) in [6.45, 7) is 11.4. The van der Waals surface area contributed by atoms with Gasteiger partial charge in [0.1, 0.15) is 0 Å². The molecule has 3 rings (SSSR count). The molecule has 4 heteroatoms. The van der Waals surface area contributed by atoms with Crippen LogP contribution < -0.4 is 0 Å². The van der Waals surface area contributed by atoms with Crippen LogP contribution in [0.4, 0.5) is 0 Å². The zero-order chi connectivity index (χ0) is 14.9. The molecule has 1 saturated heterocycles. The number of aromatic nitrogens is 2. The Labute approximate surface area is 131 Å². The Morgan fingerprint density at radius 2 is 1.90 bits per heavy atom. The van der Waals surface area contributed by atoms with Gasteiger partial charge in [0, 0.05) is 28.1 Å². The third-order valence-electron chi connectivity index (χ3n) is 4.11. The number of hydrogen-bond donors (Lipinski definition) is 0. The number of hydrogen-bond acceptors (Lipinski definition) is 3. The number of thiophene rings is 1. The van der Waals surface area contributed by atoms with Crippen molar-refractivity contribution in [1.82, 2.24) is 14.7 Å². The molecule has 0 saturated carbocycles. The third kappa shape index (κ3) is 3.55. The van der Waals surface area contributed by atoms with Crippen molar-refractivity contribution in [2.24, 2.45) is 0 Å². The van der Waals surface area contributed by atoms with Crippen molar-refractivity contribution in [1.29, 1.82) is 0 Å². The monoisotopic (exact) mass is 303 g/mol. The molecular weight excluding hydrogens is 278 g/mol. The molecule has 2 aromatic rings. The van der Waals surface area contributed by atoms with E-state index in [4.69, 9.17) is 0 Å². The topological polar surface area (TPSA) is 21.1 Å². The Kier molecular flexibility index (Phi) is 4.18. The molecule has 0 aromatic carbocycles. The summed E-state index contributed by atoms with van der Waals surface area (Å²) in [7, 11) is 0. The van der Waals surface area contributed by atoms with Crippen LogP contribution in [0.15, 0.2) is 24.5 Å². The van der Waals surface area contributed by atoms with Crippen LogP contribution in [0.2, 0.25) is 0 Å². The standard InChI is InChI=1S/C17H25N3S/c1-17(2,3)16-7-6-15(21-16)14-12-18-20(13-14)11-10-19-8-4-5-9-19/h6-7,12-13H,4-5,8-11H2,1-3H3. The number of likely N-dealkylation sites (tertiary alicyclic amines) is 1. The Balaban J connectivity index is 1.65. The van der Waals surface area contributed by atoms with Crippen LogP contribution in [-0.2, 0) is 12.0 Å². The molecule has 114 valence electrons. The van der Waals surface area contributed by atoms with Gasteiger partial charge in [-0.2, -0.15) is 5.10 Å². The number of nitrogens with zero attached hydrogens (tertiary/aromatic N) is 3. The quantitative estimate of drug-likeness (QED) is 0.851. The lowest BCUT2D eigenvalue weighted by molar-refractivity contribution is 0.316. The predicted octanol–water partition coefficient (Wildman–Crippen LogP) is 4.00. The first kappa shape index (κ1) is 14.8. The second-order valence-electron chi connectivity index (χ2n) is 6.95. The van der Waals surface area contributed by atoms with Crippen LogP contribution in [0.3, 0.4) is 0 Å². The highest BCUT2D eigenvalue weighted by molar-refractivity contribution is 7.15. The van der Waals surface area contributed by atoms with Crippen LogP contribution in [0.5, 0.6) is 0 Å². The Morgan fingerprint density at radius 3 is 2.57 bits per heavy atom. The Hall–Kier alpha value is -1.13. The molecular formula is C17H25N3S. The lowest BCUT2D eigenvalue weighted by Crippen LogP contribution is -2.24. The van der Waals surface area contributed by atoms with Crippen LogP contribution in [-0.4, -0.2) is 34.3 Å². The van der Waals surface area contributed by atoms with E-state index in [1.807, 2.05) is 17.5 Å². The molecule has 0 atom stereocenters. The van der Waals surface area contributed by atoms with Gasteiger partial charge in [-0.1, -0.05) is 20.8 Å². The first-order valence-corrected chi connectivity index (χ1v) is 8.69. The molecule has 1 aliphatic heterocycles. The SMILES string of the molecule is CC(C)(C)c1ccc(-c2cnn(CCN3CCCC3)c2)s1. The van der Waals surface area contributed by atoms with E-state index in [1.165, 1.54) is 41.2 Å². The molecule has 0 amide bonds. The molecule has 0 spiro atoms. The first-order valence-electron chi connectivity index (χ1n) is 7.88. The molecule has 0 bridgehead atoms. The van der Waals surface area contributed by atoms with E-state index in [9.17, 15) is 0 Å². The smallest absolute Gasteiger partial charge is 0.0576 e. The van der Waals surface area contributed by atoms with Gasteiger partial charge in [0.15, 0.2) is 0 Å². The fourth-order valence-electron chi connectivity index (χ4n) is 2.76.